The van der Waals surface area contributed by atoms with Crippen LogP contribution in [0, 0.1) is 0 Å². The Labute approximate surface area is 102 Å². The molecular formula is C13H13BO3. The topological polar surface area (TPSA) is 31.6 Å². The minimum absolute atomic E-state index is 0.539. The third-order valence-electron chi connectivity index (χ3n) is 2.18. The lowest BCUT2D eigenvalue weighted by Gasteiger charge is -2.06. The molecule has 17 heavy (non-hydrogen) atoms. The fraction of sp³-hybridized carbons (Fsp3) is 0.231. The quantitative estimate of drug-likeness (QED) is 0.559. The third kappa shape index (κ3) is 3.91. The minimum atomic E-state index is 0.539. The molecule has 2 aromatic rings. The van der Waals surface area contributed by atoms with Crippen molar-refractivity contribution in [1.82, 2.24) is 0 Å². The highest BCUT2D eigenvalue weighted by Crippen LogP contribution is 2.10. The van der Waals surface area contributed by atoms with Gasteiger partial charge in [0.15, 0.2) is 0 Å². The molecule has 0 bridgehead atoms. The van der Waals surface area contributed by atoms with Crippen molar-refractivity contribution in [2.45, 2.75) is 6.42 Å². The summed E-state index contributed by atoms with van der Waals surface area (Å²) in [6, 6.07) is 10.9. The summed E-state index contributed by atoms with van der Waals surface area (Å²) in [5.74, 6) is 1.36. The number of ether oxygens (including phenoxy) is 2. The van der Waals surface area contributed by atoms with Crippen molar-refractivity contribution in [2.24, 2.45) is 0 Å². The lowest BCUT2D eigenvalue weighted by molar-refractivity contribution is 0.210. The Hall–Kier alpha value is -1.84. The van der Waals surface area contributed by atoms with E-state index in [1.165, 1.54) is 0 Å². The van der Waals surface area contributed by atoms with E-state index >= 15 is 0 Å². The second-order valence-electron chi connectivity index (χ2n) is 3.55. The monoisotopic (exact) mass is 228 g/mol. The van der Waals surface area contributed by atoms with Gasteiger partial charge in [0.1, 0.15) is 13.6 Å². The Morgan fingerprint density at radius 1 is 1.00 bits per heavy atom. The Morgan fingerprint density at radius 2 is 1.76 bits per heavy atom. The molecule has 86 valence electrons. The molecule has 1 aromatic heterocycles. The van der Waals surface area contributed by atoms with Crippen LogP contribution in [0.1, 0.15) is 6.42 Å². The molecule has 0 aliphatic carbocycles. The van der Waals surface area contributed by atoms with Gasteiger partial charge < -0.3 is 13.9 Å². The molecule has 0 aliphatic heterocycles. The number of hydrogen-bond acceptors (Lipinski definition) is 3. The summed E-state index contributed by atoms with van der Waals surface area (Å²) in [4.78, 5) is 0. The molecule has 4 heteroatoms. The first-order chi connectivity index (χ1) is 8.34. The lowest BCUT2D eigenvalue weighted by atomic mass is 9.97. The molecule has 2 radical (unpaired) electrons. The number of furan rings is 1. The normalized spacial score (nSPS) is 10.1. The maximum absolute atomic E-state index is 5.57. The van der Waals surface area contributed by atoms with Crippen LogP contribution in [-0.4, -0.2) is 21.1 Å². The molecule has 0 aliphatic rings. The summed E-state index contributed by atoms with van der Waals surface area (Å²) in [7, 11) is 5.57. The molecule has 0 spiro atoms. The van der Waals surface area contributed by atoms with Crippen LogP contribution in [-0.2, 0) is 0 Å². The highest BCUT2D eigenvalue weighted by Gasteiger charge is 1.96. The van der Waals surface area contributed by atoms with Crippen molar-refractivity contribution in [2.75, 3.05) is 13.2 Å². The molecule has 3 nitrogen and oxygen atoms in total. The van der Waals surface area contributed by atoms with E-state index in [0.717, 1.165) is 17.6 Å². The summed E-state index contributed by atoms with van der Waals surface area (Å²) in [6.07, 6.45) is 2.38. The first kappa shape index (κ1) is 11.6. The SMILES string of the molecule is [B]c1ccc(OCCCOc2ccco2)cc1. The van der Waals surface area contributed by atoms with Gasteiger partial charge >= 0.3 is 0 Å². The van der Waals surface area contributed by atoms with Crippen molar-refractivity contribution in [1.29, 1.82) is 0 Å². The van der Waals surface area contributed by atoms with Gasteiger partial charge in [-0.2, -0.15) is 0 Å². The first-order valence-corrected chi connectivity index (χ1v) is 5.49. The average molecular weight is 228 g/mol. The molecule has 1 heterocycles. The van der Waals surface area contributed by atoms with E-state index < -0.39 is 0 Å². The van der Waals surface area contributed by atoms with Gasteiger partial charge in [-0.1, -0.05) is 17.6 Å². The molecule has 0 saturated heterocycles. The summed E-state index contributed by atoms with van der Waals surface area (Å²) < 4.78 is 15.9. The van der Waals surface area contributed by atoms with Crippen molar-refractivity contribution in [3.8, 4) is 11.7 Å². The van der Waals surface area contributed by atoms with Gasteiger partial charge in [0, 0.05) is 12.5 Å². The van der Waals surface area contributed by atoms with Crippen LogP contribution in [0.25, 0.3) is 0 Å². The fourth-order valence-corrected chi connectivity index (χ4v) is 1.33. The number of benzene rings is 1. The van der Waals surface area contributed by atoms with Crippen LogP contribution < -0.4 is 14.9 Å². The zero-order chi connectivity index (χ0) is 11.9. The highest BCUT2D eigenvalue weighted by molar-refractivity contribution is 6.32. The van der Waals surface area contributed by atoms with E-state index in [0.29, 0.717) is 19.2 Å². The first-order valence-electron chi connectivity index (χ1n) is 5.49. The van der Waals surface area contributed by atoms with Gasteiger partial charge in [-0.05, 0) is 18.2 Å². The predicted octanol–water partition coefficient (Wildman–Crippen LogP) is 1.92. The third-order valence-corrected chi connectivity index (χ3v) is 2.18. The van der Waals surface area contributed by atoms with E-state index in [1.807, 2.05) is 24.3 Å². The maximum Gasteiger partial charge on any atom is 0.284 e. The average Bonchev–Trinajstić information content (AvgIpc) is 2.84. The molecule has 1 aromatic carbocycles. The molecule has 0 fully saturated rings. The van der Waals surface area contributed by atoms with Crippen molar-refractivity contribution < 1.29 is 13.9 Å². The fourth-order valence-electron chi connectivity index (χ4n) is 1.33. The number of hydrogen-bond donors (Lipinski definition) is 0. The molecular weight excluding hydrogens is 215 g/mol. The summed E-state index contributed by atoms with van der Waals surface area (Å²) >= 11 is 0. The zero-order valence-corrected chi connectivity index (χ0v) is 9.46. The van der Waals surface area contributed by atoms with Crippen LogP contribution in [0.2, 0.25) is 0 Å². The van der Waals surface area contributed by atoms with Gasteiger partial charge in [0.05, 0.1) is 19.5 Å². The van der Waals surface area contributed by atoms with E-state index in [9.17, 15) is 0 Å². The zero-order valence-electron chi connectivity index (χ0n) is 9.46. The Kier molecular flexibility index (Phi) is 4.14. The minimum Gasteiger partial charge on any atom is -0.493 e. The lowest BCUT2D eigenvalue weighted by Crippen LogP contribution is -2.06. The molecule has 0 amide bonds. The van der Waals surface area contributed by atoms with Crippen LogP contribution in [0.15, 0.2) is 47.1 Å². The molecule has 0 saturated carbocycles. The van der Waals surface area contributed by atoms with Crippen LogP contribution >= 0.6 is 0 Å². The molecule has 0 atom stereocenters. The van der Waals surface area contributed by atoms with E-state index in [4.69, 9.17) is 21.7 Å². The maximum atomic E-state index is 5.57. The van der Waals surface area contributed by atoms with E-state index in [2.05, 4.69) is 0 Å². The smallest absolute Gasteiger partial charge is 0.284 e. The Morgan fingerprint density at radius 3 is 2.47 bits per heavy atom. The Bertz CT molecular complexity index is 422. The summed E-state index contributed by atoms with van der Waals surface area (Å²) in [6.45, 7) is 1.17. The Balaban J connectivity index is 1.61. The van der Waals surface area contributed by atoms with Gasteiger partial charge in [-0.25, -0.2) is 0 Å². The van der Waals surface area contributed by atoms with Gasteiger partial charge in [-0.15, -0.1) is 0 Å². The van der Waals surface area contributed by atoms with Gasteiger partial charge in [0.25, 0.3) is 5.95 Å². The standard InChI is InChI=1S/C13H13BO3/c14-11-4-6-12(7-5-11)15-9-2-10-17-13-3-1-8-16-13/h1,3-8H,2,9-10H2. The predicted molar refractivity (Wildman–Crippen MR) is 66.1 cm³/mol. The second-order valence-corrected chi connectivity index (χ2v) is 3.55. The highest BCUT2D eigenvalue weighted by atomic mass is 16.6. The van der Waals surface area contributed by atoms with Gasteiger partial charge in [0.2, 0.25) is 0 Å². The van der Waals surface area contributed by atoms with Crippen molar-refractivity contribution in [3.63, 3.8) is 0 Å². The second kappa shape index (κ2) is 6.04. The van der Waals surface area contributed by atoms with Crippen LogP contribution in [0.4, 0.5) is 0 Å². The summed E-state index contributed by atoms with van der Waals surface area (Å²) in [5.41, 5.74) is 0.735. The van der Waals surface area contributed by atoms with Crippen molar-refractivity contribution >= 4 is 13.3 Å². The van der Waals surface area contributed by atoms with Crippen molar-refractivity contribution in [3.05, 3.63) is 42.7 Å². The number of rotatable bonds is 6. The van der Waals surface area contributed by atoms with E-state index in [1.54, 1.807) is 18.4 Å². The molecule has 0 N–H and O–H groups in total. The van der Waals surface area contributed by atoms with E-state index in [-0.39, 0.29) is 0 Å². The van der Waals surface area contributed by atoms with Gasteiger partial charge in [-0.3, -0.25) is 0 Å². The van der Waals surface area contributed by atoms with Crippen LogP contribution in [0.5, 0.6) is 11.7 Å². The molecule has 0 unspecified atom stereocenters. The summed E-state index contributed by atoms with van der Waals surface area (Å²) in [5, 5.41) is 0. The van der Waals surface area contributed by atoms with Crippen LogP contribution in [0.3, 0.4) is 0 Å². The largest absolute Gasteiger partial charge is 0.493 e. The molecule has 2 rings (SSSR count).